The molecule has 0 saturated heterocycles. The van der Waals surface area contributed by atoms with Crippen LogP contribution in [0.3, 0.4) is 0 Å². The summed E-state index contributed by atoms with van der Waals surface area (Å²) in [6.45, 7) is 3.69. The highest BCUT2D eigenvalue weighted by Gasteiger charge is 2.22. The van der Waals surface area contributed by atoms with E-state index in [1.807, 2.05) is 0 Å². The van der Waals surface area contributed by atoms with Gasteiger partial charge in [0.05, 0.1) is 6.61 Å². The van der Waals surface area contributed by atoms with Crippen molar-refractivity contribution >= 4 is 19.8 Å². The van der Waals surface area contributed by atoms with Crippen LogP contribution in [-0.4, -0.2) is 41.0 Å². The number of unbranched alkanes of at least 4 members (excludes halogenated alkanes) is 26. The molecule has 0 radical (unpaired) electrons. The molecule has 0 aliphatic carbocycles. The summed E-state index contributed by atoms with van der Waals surface area (Å²) in [6.07, 6.45) is 39.3. The van der Waals surface area contributed by atoms with Gasteiger partial charge in [-0.3, -0.25) is 14.1 Å². The second-order valence-electron chi connectivity index (χ2n) is 14.0. The molecule has 0 bridgehead atoms. The van der Waals surface area contributed by atoms with Crippen LogP contribution in [0.1, 0.15) is 213 Å². The Morgan fingerprint density at radius 2 is 0.857 bits per heavy atom. The van der Waals surface area contributed by atoms with Gasteiger partial charge >= 0.3 is 19.8 Å². The second kappa shape index (κ2) is 36.6. The van der Waals surface area contributed by atoms with Gasteiger partial charge in [0, 0.05) is 12.8 Å². The van der Waals surface area contributed by atoms with E-state index in [2.05, 4.69) is 30.5 Å². The number of allylic oxidation sites excluding steroid dienone is 2. The fourth-order valence-corrected chi connectivity index (χ4v) is 6.32. The van der Waals surface area contributed by atoms with E-state index in [-0.39, 0.29) is 19.4 Å². The van der Waals surface area contributed by atoms with E-state index < -0.39 is 32.5 Å². The third-order valence-corrected chi connectivity index (χ3v) is 9.52. The molecule has 0 aromatic rings. The average molecular weight is 717 g/mol. The first-order valence-electron chi connectivity index (χ1n) is 20.5. The van der Waals surface area contributed by atoms with Crippen molar-refractivity contribution in [1.29, 1.82) is 0 Å². The Bertz CT molecular complexity index is 812. The van der Waals surface area contributed by atoms with Gasteiger partial charge in [0.1, 0.15) is 6.61 Å². The third kappa shape index (κ3) is 39.4. The lowest BCUT2D eigenvalue weighted by atomic mass is 10.0. The highest BCUT2D eigenvalue weighted by atomic mass is 31.2. The number of phosphoric acid groups is 1. The van der Waals surface area contributed by atoms with E-state index >= 15 is 0 Å². The Morgan fingerprint density at radius 3 is 1.24 bits per heavy atom. The van der Waals surface area contributed by atoms with Crippen LogP contribution in [-0.2, 0) is 28.2 Å². The lowest BCUT2D eigenvalue weighted by Gasteiger charge is -2.18. The molecule has 49 heavy (non-hydrogen) atoms. The number of hydrogen-bond donors (Lipinski definition) is 2. The number of rotatable bonds is 38. The van der Waals surface area contributed by atoms with Gasteiger partial charge in [-0.1, -0.05) is 174 Å². The SMILES string of the molecule is CCCCCCC/C=C\CCCCCCCC(=O)OC(COC(=O)CCCCCCCCCCCCCCCCCCC)COP(=O)(O)O. The molecule has 1 unspecified atom stereocenters. The molecule has 0 heterocycles. The molecule has 8 nitrogen and oxygen atoms in total. The lowest BCUT2D eigenvalue weighted by molar-refractivity contribution is -0.161. The lowest BCUT2D eigenvalue weighted by Crippen LogP contribution is -2.29. The summed E-state index contributed by atoms with van der Waals surface area (Å²) >= 11 is 0. The maximum atomic E-state index is 12.4. The van der Waals surface area contributed by atoms with E-state index in [1.54, 1.807) is 0 Å². The van der Waals surface area contributed by atoms with Crippen LogP contribution in [0.15, 0.2) is 12.2 Å². The quantitative estimate of drug-likeness (QED) is 0.0280. The molecule has 0 amide bonds. The Labute approximate surface area is 301 Å². The monoisotopic (exact) mass is 717 g/mol. The van der Waals surface area contributed by atoms with Gasteiger partial charge in [0.25, 0.3) is 0 Å². The van der Waals surface area contributed by atoms with E-state index in [4.69, 9.17) is 19.3 Å². The number of esters is 2. The Hall–Kier alpha value is -1.21. The molecule has 0 aliphatic rings. The minimum Gasteiger partial charge on any atom is -0.462 e. The number of carbonyl (C=O) groups excluding carboxylic acids is 2. The van der Waals surface area contributed by atoms with Crippen LogP contribution in [0.4, 0.5) is 0 Å². The van der Waals surface area contributed by atoms with Crippen molar-refractivity contribution in [1.82, 2.24) is 0 Å². The van der Waals surface area contributed by atoms with Crippen molar-refractivity contribution in [3.05, 3.63) is 12.2 Å². The summed E-state index contributed by atoms with van der Waals surface area (Å²) in [5, 5.41) is 0. The zero-order valence-electron chi connectivity index (χ0n) is 31.9. The molecule has 0 aromatic heterocycles. The largest absolute Gasteiger partial charge is 0.469 e. The average Bonchev–Trinajstić information content (AvgIpc) is 3.07. The van der Waals surface area contributed by atoms with Gasteiger partial charge in [-0.2, -0.15) is 0 Å². The van der Waals surface area contributed by atoms with Gasteiger partial charge in [-0.05, 0) is 38.5 Å². The summed E-state index contributed by atoms with van der Waals surface area (Å²) < 4.78 is 26.3. The predicted molar refractivity (Wildman–Crippen MR) is 202 cm³/mol. The summed E-state index contributed by atoms with van der Waals surface area (Å²) in [5.74, 6) is -0.884. The molecule has 0 spiro atoms. The molecule has 0 fully saturated rings. The van der Waals surface area contributed by atoms with Crippen molar-refractivity contribution in [2.24, 2.45) is 0 Å². The molecule has 0 rings (SSSR count). The predicted octanol–water partition coefficient (Wildman–Crippen LogP) is 12.2. The Kier molecular flexibility index (Phi) is 35.7. The summed E-state index contributed by atoms with van der Waals surface area (Å²) in [5.41, 5.74) is 0. The van der Waals surface area contributed by atoms with E-state index in [9.17, 15) is 14.2 Å². The number of hydrogen-bond acceptors (Lipinski definition) is 6. The zero-order valence-corrected chi connectivity index (χ0v) is 32.8. The molecule has 1 atom stereocenters. The fraction of sp³-hybridized carbons (Fsp3) is 0.900. The maximum Gasteiger partial charge on any atom is 0.469 e. The third-order valence-electron chi connectivity index (χ3n) is 9.03. The minimum absolute atomic E-state index is 0.206. The molecular formula is C40H77O8P. The fourth-order valence-electron chi connectivity index (χ4n) is 5.96. The van der Waals surface area contributed by atoms with Crippen LogP contribution in [0.2, 0.25) is 0 Å². The number of carbonyl (C=O) groups is 2. The van der Waals surface area contributed by atoms with E-state index in [1.165, 1.54) is 128 Å². The van der Waals surface area contributed by atoms with Crippen LogP contribution in [0, 0.1) is 0 Å². The number of ether oxygens (including phenoxy) is 2. The van der Waals surface area contributed by atoms with Crippen molar-refractivity contribution < 1.29 is 37.9 Å². The molecular weight excluding hydrogens is 639 g/mol. The molecule has 0 saturated carbocycles. The Balaban J connectivity index is 3.89. The first-order valence-corrected chi connectivity index (χ1v) is 22.0. The standard InChI is InChI=1S/C40H77O8P/c1-3-5-7-9-11-13-15-17-19-20-21-23-24-26-28-30-32-34-39(41)46-36-38(37-47-49(43,44)45)48-40(42)35-33-31-29-27-25-22-18-16-14-12-10-8-6-4-2/h16,18,38H,3-15,17,19-37H2,1-2H3,(H2,43,44,45)/b18-16-. The maximum absolute atomic E-state index is 12.4. The van der Waals surface area contributed by atoms with Crippen LogP contribution in [0.25, 0.3) is 0 Å². The van der Waals surface area contributed by atoms with Crippen molar-refractivity contribution in [3.63, 3.8) is 0 Å². The summed E-state index contributed by atoms with van der Waals surface area (Å²) in [6, 6.07) is 0. The molecule has 0 aromatic carbocycles. The first-order chi connectivity index (χ1) is 23.8. The Morgan fingerprint density at radius 1 is 0.510 bits per heavy atom. The van der Waals surface area contributed by atoms with E-state index in [0.717, 1.165) is 51.4 Å². The first kappa shape index (κ1) is 47.8. The molecule has 2 N–H and O–H groups in total. The second-order valence-corrected chi connectivity index (χ2v) is 15.2. The van der Waals surface area contributed by atoms with Crippen molar-refractivity contribution in [2.75, 3.05) is 13.2 Å². The van der Waals surface area contributed by atoms with E-state index in [0.29, 0.717) is 6.42 Å². The van der Waals surface area contributed by atoms with Crippen molar-refractivity contribution in [2.45, 2.75) is 219 Å². The molecule has 9 heteroatoms. The molecule has 0 aliphatic heterocycles. The summed E-state index contributed by atoms with van der Waals surface area (Å²) in [4.78, 5) is 42.8. The van der Waals surface area contributed by atoms with Crippen molar-refractivity contribution in [3.8, 4) is 0 Å². The smallest absolute Gasteiger partial charge is 0.462 e. The van der Waals surface area contributed by atoms with Gasteiger partial charge in [-0.25, -0.2) is 4.57 Å². The zero-order chi connectivity index (χ0) is 36.1. The topological polar surface area (TPSA) is 119 Å². The molecule has 290 valence electrons. The summed E-state index contributed by atoms with van der Waals surface area (Å²) in [7, 11) is -4.75. The highest BCUT2D eigenvalue weighted by Crippen LogP contribution is 2.36. The van der Waals surface area contributed by atoms with Gasteiger partial charge in [0.2, 0.25) is 0 Å². The van der Waals surface area contributed by atoms with Gasteiger partial charge < -0.3 is 19.3 Å². The van der Waals surface area contributed by atoms with Gasteiger partial charge in [0.15, 0.2) is 6.10 Å². The number of phosphoric ester groups is 1. The minimum atomic E-state index is -4.75. The highest BCUT2D eigenvalue weighted by molar-refractivity contribution is 7.46. The normalized spacial score (nSPS) is 12.5. The van der Waals surface area contributed by atoms with Crippen LogP contribution < -0.4 is 0 Å². The van der Waals surface area contributed by atoms with Gasteiger partial charge in [-0.15, -0.1) is 0 Å². The van der Waals surface area contributed by atoms with Crippen LogP contribution >= 0.6 is 7.82 Å². The van der Waals surface area contributed by atoms with Crippen LogP contribution in [0.5, 0.6) is 0 Å².